The lowest BCUT2D eigenvalue weighted by atomic mass is 9.73. The van der Waals surface area contributed by atoms with Gasteiger partial charge in [0.25, 0.3) is 0 Å². The van der Waals surface area contributed by atoms with E-state index in [2.05, 4.69) is 4.72 Å². The second-order valence-electron chi connectivity index (χ2n) is 6.60. The molecular formula is C18H17ClN2O3S2. The lowest BCUT2D eigenvalue weighted by molar-refractivity contribution is 0.224. The van der Waals surface area contributed by atoms with Gasteiger partial charge in [0, 0.05) is 12.1 Å². The van der Waals surface area contributed by atoms with Crippen molar-refractivity contribution in [3.05, 3.63) is 62.7 Å². The summed E-state index contributed by atoms with van der Waals surface area (Å²) >= 11 is 7.00. The zero-order chi connectivity index (χ0) is 18.5. The lowest BCUT2D eigenvalue weighted by Gasteiger charge is -2.42. The van der Waals surface area contributed by atoms with Crippen molar-refractivity contribution in [1.82, 2.24) is 9.29 Å². The van der Waals surface area contributed by atoms with E-state index in [1.165, 1.54) is 4.57 Å². The zero-order valence-electron chi connectivity index (χ0n) is 14.0. The third-order valence-corrected chi connectivity index (χ3v) is 7.79. The van der Waals surface area contributed by atoms with Gasteiger partial charge in [-0.1, -0.05) is 35.1 Å². The highest BCUT2D eigenvalue weighted by Gasteiger charge is 2.42. The van der Waals surface area contributed by atoms with Crippen molar-refractivity contribution in [3.63, 3.8) is 0 Å². The molecule has 136 valence electrons. The number of benzene rings is 2. The van der Waals surface area contributed by atoms with Crippen LogP contribution in [0.5, 0.6) is 0 Å². The molecule has 1 saturated carbocycles. The minimum Gasteiger partial charge on any atom is -0.302 e. The molecule has 0 bridgehead atoms. The summed E-state index contributed by atoms with van der Waals surface area (Å²) in [6.45, 7) is 0. The van der Waals surface area contributed by atoms with Crippen LogP contribution in [0.25, 0.3) is 10.2 Å². The SMILES string of the molecule is Cn1c(=O)sc2cc(S(=O)(=O)NC3(c4ccc(Cl)cc4)CCC3)ccc21. The van der Waals surface area contributed by atoms with E-state index < -0.39 is 15.6 Å². The summed E-state index contributed by atoms with van der Waals surface area (Å²) in [5.41, 5.74) is 1.06. The van der Waals surface area contributed by atoms with Gasteiger partial charge in [-0.2, -0.15) is 0 Å². The van der Waals surface area contributed by atoms with Crippen molar-refractivity contribution in [2.45, 2.75) is 29.7 Å². The number of aromatic nitrogens is 1. The Bertz CT molecular complexity index is 1140. The minimum atomic E-state index is -3.72. The molecule has 1 aliphatic rings. The molecule has 0 radical (unpaired) electrons. The van der Waals surface area contributed by atoms with E-state index in [4.69, 9.17) is 11.6 Å². The van der Waals surface area contributed by atoms with E-state index in [1.807, 2.05) is 12.1 Å². The maximum absolute atomic E-state index is 13.0. The molecule has 1 heterocycles. The summed E-state index contributed by atoms with van der Waals surface area (Å²) in [7, 11) is -2.04. The van der Waals surface area contributed by atoms with Crippen molar-refractivity contribution in [1.29, 1.82) is 0 Å². The highest BCUT2D eigenvalue weighted by atomic mass is 35.5. The van der Waals surface area contributed by atoms with E-state index in [1.54, 1.807) is 37.4 Å². The first-order valence-corrected chi connectivity index (χ1v) is 10.9. The van der Waals surface area contributed by atoms with Crippen molar-refractivity contribution >= 4 is 43.2 Å². The molecule has 0 amide bonds. The number of halogens is 1. The van der Waals surface area contributed by atoms with Gasteiger partial charge in [0.2, 0.25) is 10.0 Å². The molecule has 0 aliphatic heterocycles. The predicted molar refractivity (Wildman–Crippen MR) is 104 cm³/mol. The quantitative estimate of drug-likeness (QED) is 0.717. The molecule has 5 nitrogen and oxygen atoms in total. The maximum atomic E-state index is 13.0. The smallest absolute Gasteiger partial charge is 0.302 e. The van der Waals surface area contributed by atoms with Gasteiger partial charge in [-0.25, -0.2) is 13.1 Å². The average Bonchev–Trinajstić information content (AvgIpc) is 2.86. The Morgan fingerprint density at radius 3 is 2.46 bits per heavy atom. The molecule has 0 spiro atoms. The Morgan fingerprint density at radius 1 is 1.15 bits per heavy atom. The minimum absolute atomic E-state index is 0.112. The van der Waals surface area contributed by atoms with Crippen LogP contribution in [-0.4, -0.2) is 13.0 Å². The second-order valence-corrected chi connectivity index (χ2v) is 9.72. The Balaban J connectivity index is 1.72. The number of nitrogens with zero attached hydrogens (tertiary/aromatic N) is 1. The summed E-state index contributed by atoms with van der Waals surface area (Å²) < 4.78 is 31.1. The molecular weight excluding hydrogens is 392 g/mol. The molecule has 0 atom stereocenters. The second kappa shape index (κ2) is 6.20. The van der Waals surface area contributed by atoms with Gasteiger partial charge in [-0.3, -0.25) is 4.79 Å². The number of nitrogens with one attached hydrogen (secondary N) is 1. The first-order valence-electron chi connectivity index (χ1n) is 8.20. The third-order valence-electron chi connectivity index (χ3n) is 5.01. The van der Waals surface area contributed by atoms with E-state index in [0.717, 1.165) is 41.7 Å². The molecule has 26 heavy (non-hydrogen) atoms. The van der Waals surface area contributed by atoms with Crippen molar-refractivity contribution in [2.24, 2.45) is 7.05 Å². The Morgan fingerprint density at radius 2 is 1.85 bits per heavy atom. The summed E-state index contributed by atoms with van der Waals surface area (Å²) in [6, 6.07) is 12.1. The highest BCUT2D eigenvalue weighted by molar-refractivity contribution is 7.89. The monoisotopic (exact) mass is 408 g/mol. The number of hydrogen-bond donors (Lipinski definition) is 1. The molecule has 1 aromatic heterocycles. The highest BCUT2D eigenvalue weighted by Crippen LogP contribution is 2.42. The number of fused-ring (bicyclic) bond motifs is 1. The molecule has 3 aromatic rings. The van der Waals surface area contributed by atoms with Gasteiger partial charge in [0.1, 0.15) is 0 Å². The fourth-order valence-electron chi connectivity index (χ4n) is 3.35. The first kappa shape index (κ1) is 17.7. The van der Waals surface area contributed by atoms with Crippen molar-refractivity contribution in [2.75, 3.05) is 0 Å². The maximum Gasteiger partial charge on any atom is 0.307 e. The van der Waals surface area contributed by atoms with Crippen LogP contribution in [0.4, 0.5) is 0 Å². The molecule has 4 rings (SSSR count). The normalized spacial score (nSPS) is 16.5. The molecule has 1 N–H and O–H groups in total. The first-order chi connectivity index (χ1) is 12.3. The van der Waals surface area contributed by atoms with Crippen molar-refractivity contribution in [3.8, 4) is 0 Å². The van der Waals surface area contributed by atoms with Gasteiger partial charge in [-0.15, -0.1) is 0 Å². The number of thiazole rings is 1. The molecule has 1 fully saturated rings. The third kappa shape index (κ3) is 2.89. The van der Waals surface area contributed by atoms with Crippen LogP contribution in [0.1, 0.15) is 24.8 Å². The van der Waals surface area contributed by atoms with Gasteiger partial charge < -0.3 is 4.57 Å². The average molecular weight is 409 g/mol. The molecule has 0 saturated heterocycles. The van der Waals surface area contributed by atoms with Crippen LogP contribution in [0.3, 0.4) is 0 Å². The van der Waals surface area contributed by atoms with E-state index in [9.17, 15) is 13.2 Å². The van der Waals surface area contributed by atoms with Gasteiger partial charge in [-0.05, 0) is 55.2 Å². The molecule has 1 aliphatic carbocycles. The summed E-state index contributed by atoms with van der Waals surface area (Å²) in [4.78, 5) is 11.9. The number of hydrogen-bond acceptors (Lipinski definition) is 4. The summed E-state index contributed by atoms with van der Waals surface area (Å²) in [5, 5.41) is 0.621. The topological polar surface area (TPSA) is 68.2 Å². The van der Waals surface area contributed by atoms with E-state index in [0.29, 0.717) is 9.72 Å². The van der Waals surface area contributed by atoms with Crippen LogP contribution in [0, 0.1) is 0 Å². The van der Waals surface area contributed by atoms with Gasteiger partial charge >= 0.3 is 4.87 Å². The molecule has 8 heteroatoms. The van der Waals surface area contributed by atoms with Crippen LogP contribution in [0.2, 0.25) is 5.02 Å². The number of aryl methyl sites for hydroxylation is 1. The molecule has 0 unspecified atom stereocenters. The fraction of sp³-hybridized carbons (Fsp3) is 0.278. The molecule has 2 aromatic carbocycles. The largest absolute Gasteiger partial charge is 0.307 e. The van der Waals surface area contributed by atoms with Gasteiger partial charge in [0.05, 0.1) is 20.7 Å². The lowest BCUT2D eigenvalue weighted by Crippen LogP contribution is -2.50. The fourth-order valence-corrected chi connectivity index (χ4v) is 5.94. The van der Waals surface area contributed by atoms with E-state index >= 15 is 0 Å². The standard InChI is InChI=1S/C18H17ClN2O3S2/c1-21-15-8-7-14(11-16(15)25-17(21)22)26(23,24)20-18(9-2-10-18)12-3-5-13(19)6-4-12/h3-8,11,20H,2,9-10H2,1H3. The Kier molecular flexibility index (Phi) is 4.23. The van der Waals surface area contributed by atoms with Crippen LogP contribution in [0.15, 0.2) is 52.2 Å². The Hall–Kier alpha value is -1.67. The van der Waals surface area contributed by atoms with Crippen LogP contribution in [-0.2, 0) is 22.6 Å². The van der Waals surface area contributed by atoms with Crippen molar-refractivity contribution < 1.29 is 8.42 Å². The zero-order valence-corrected chi connectivity index (χ0v) is 16.4. The van der Waals surface area contributed by atoms with Gasteiger partial charge in [0.15, 0.2) is 0 Å². The van der Waals surface area contributed by atoms with E-state index in [-0.39, 0.29) is 9.77 Å². The summed E-state index contributed by atoms with van der Waals surface area (Å²) in [5.74, 6) is 0. The predicted octanol–water partition coefficient (Wildman–Crippen LogP) is 3.61. The van der Waals surface area contributed by atoms with Crippen LogP contribution < -0.4 is 9.60 Å². The summed E-state index contributed by atoms with van der Waals surface area (Å²) in [6.07, 6.45) is 2.45. The number of rotatable bonds is 4. The Labute approximate surface area is 160 Å². The number of sulfonamides is 1. The van der Waals surface area contributed by atoms with Crippen LogP contribution >= 0.6 is 22.9 Å².